The molecule has 0 saturated heterocycles. The molecule has 6 nitrogen and oxygen atoms in total. The SMILES string of the molecule is CN=C(NCCOc1ccc(Cl)cc1)NC(C)CCS(C)(=O)=O.I. The highest BCUT2D eigenvalue weighted by Crippen LogP contribution is 2.15. The molecule has 9 heteroatoms. The van der Waals surface area contributed by atoms with Crippen LogP contribution in [0.25, 0.3) is 0 Å². The van der Waals surface area contributed by atoms with E-state index in [1.165, 1.54) is 6.26 Å². The Bertz CT molecular complexity index is 609. The molecule has 0 heterocycles. The third-order valence-electron chi connectivity index (χ3n) is 3.01. The second-order valence-corrected chi connectivity index (χ2v) is 7.96. The Balaban J connectivity index is 0.00000529. The molecule has 1 rings (SSSR count). The van der Waals surface area contributed by atoms with Gasteiger partial charge >= 0.3 is 0 Å². The van der Waals surface area contributed by atoms with Crippen molar-refractivity contribution in [3.8, 4) is 5.75 Å². The zero-order valence-electron chi connectivity index (χ0n) is 14.1. The fourth-order valence-corrected chi connectivity index (χ4v) is 2.67. The molecule has 0 aliphatic carbocycles. The third-order valence-corrected chi connectivity index (χ3v) is 4.23. The van der Waals surface area contributed by atoms with Crippen LogP contribution in [0.1, 0.15) is 13.3 Å². The number of hydrogen-bond donors (Lipinski definition) is 2. The van der Waals surface area contributed by atoms with E-state index in [4.69, 9.17) is 16.3 Å². The predicted molar refractivity (Wildman–Crippen MR) is 111 cm³/mol. The van der Waals surface area contributed by atoms with E-state index in [0.29, 0.717) is 30.6 Å². The summed E-state index contributed by atoms with van der Waals surface area (Å²) in [6.07, 6.45) is 1.77. The number of nitrogens with one attached hydrogen (secondary N) is 2. The van der Waals surface area contributed by atoms with E-state index in [9.17, 15) is 8.42 Å². The minimum absolute atomic E-state index is 0. The zero-order chi connectivity index (χ0) is 17.3. The molecule has 0 aliphatic heterocycles. The van der Waals surface area contributed by atoms with Gasteiger partial charge in [0.2, 0.25) is 0 Å². The normalized spacial score (nSPS) is 12.9. The van der Waals surface area contributed by atoms with Gasteiger partial charge in [0.05, 0.1) is 12.3 Å². The van der Waals surface area contributed by atoms with Gasteiger partial charge < -0.3 is 15.4 Å². The molecule has 138 valence electrons. The maximum Gasteiger partial charge on any atom is 0.191 e. The maximum absolute atomic E-state index is 11.2. The van der Waals surface area contributed by atoms with Gasteiger partial charge in [-0.05, 0) is 37.6 Å². The average Bonchev–Trinajstić information content (AvgIpc) is 2.49. The molecule has 0 radical (unpaired) electrons. The molecule has 1 atom stereocenters. The molecule has 2 N–H and O–H groups in total. The molecule has 0 fully saturated rings. The Hall–Kier alpha value is -0.740. The smallest absolute Gasteiger partial charge is 0.191 e. The van der Waals surface area contributed by atoms with E-state index >= 15 is 0 Å². The first-order valence-corrected chi connectivity index (χ1v) is 9.77. The quantitative estimate of drug-likeness (QED) is 0.254. The molecule has 1 aromatic rings. The van der Waals surface area contributed by atoms with Crippen molar-refractivity contribution in [2.45, 2.75) is 19.4 Å². The highest BCUT2D eigenvalue weighted by atomic mass is 127. The van der Waals surface area contributed by atoms with Crippen molar-refractivity contribution in [3.05, 3.63) is 29.3 Å². The molecule has 0 aliphatic rings. The Morgan fingerprint density at radius 1 is 1.33 bits per heavy atom. The van der Waals surface area contributed by atoms with E-state index in [1.807, 2.05) is 19.1 Å². The lowest BCUT2D eigenvalue weighted by molar-refractivity contribution is 0.321. The van der Waals surface area contributed by atoms with Crippen LogP contribution in [-0.2, 0) is 9.84 Å². The summed E-state index contributed by atoms with van der Waals surface area (Å²) >= 11 is 5.81. The van der Waals surface area contributed by atoms with Gasteiger partial charge in [0.15, 0.2) is 5.96 Å². The number of guanidine groups is 1. The average molecular weight is 490 g/mol. The van der Waals surface area contributed by atoms with Gasteiger partial charge in [-0.1, -0.05) is 11.6 Å². The highest BCUT2D eigenvalue weighted by Gasteiger charge is 2.09. The van der Waals surface area contributed by atoms with Gasteiger partial charge in [-0.15, -0.1) is 24.0 Å². The lowest BCUT2D eigenvalue weighted by Crippen LogP contribution is -2.44. The summed E-state index contributed by atoms with van der Waals surface area (Å²) < 4.78 is 27.9. The van der Waals surface area contributed by atoms with Gasteiger partial charge in [0.25, 0.3) is 0 Å². The lowest BCUT2D eigenvalue weighted by Gasteiger charge is -2.17. The van der Waals surface area contributed by atoms with Crippen LogP contribution in [0.15, 0.2) is 29.3 Å². The minimum atomic E-state index is -2.95. The van der Waals surface area contributed by atoms with Gasteiger partial charge in [0.1, 0.15) is 22.2 Å². The predicted octanol–water partition coefficient (Wildman–Crippen LogP) is 2.33. The highest BCUT2D eigenvalue weighted by molar-refractivity contribution is 14.0. The maximum atomic E-state index is 11.2. The minimum Gasteiger partial charge on any atom is -0.492 e. The standard InChI is InChI=1S/C15H24ClN3O3S.HI/c1-12(8-11-23(3,20)21)19-15(17-2)18-9-10-22-14-6-4-13(16)5-7-14;/h4-7,12H,8-11H2,1-3H3,(H2,17,18,19);1H. The summed E-state index contributed by atoms with van der Waals surface area (Å²) in [5.41, 5.74) is 0. The van der Waals surface area contributed by atoms with Crippen molar-refractivity contribution in [2.24, 2.45) is 4.99 Å². The molecule has 0 saturated carbocycles. The first-order chi connectivity index (χ1) is 10.8. The van der Waals surface area contributed by atoms with Crippen molar-refractivity contribution >= 4 is 51.4 Å². The van der Waals surface area contributed by atoms with Crippen molar-refractivity contribution in [2.75, 3.05) is 32.2 Å². The zero-order valence-corrected chi connectivity index (χ0v) is 18.0. The van der Waals surface area contributed by atoms with E-state index in [1.54, 1.807) is 19.2 Å². The fourth-order valence-electron chi connectivity index (χ4n) is 1.76. The van der Waals surface area contributed by atoms with Crippen LogP contribution in [0, 0.1) is 0 Å². The monoisotopic (exact) mass is 489 g/mol. The number of hydrogen-bond acceptors (Lipinski definition) is 4. The Kier molecular flexibility index (Phi) is 11.4. The van der Waals surface area contributed by atoms with E-state index in [2.05, 4.69) is 15.6 Å². The van der Waals surface area contributed by atoms with Crippen molar-refractivity contribution in [3.63, 3.8) is 0 Å². The molecular formula is C15H25ClIN3O3S. The van der Waals surface area contributed by atoms with Crippen LogP contribution in [0.4, 0.5) is 0 Å². The van der Waals surface area contributed by atoms with Gasteiger partial charge in [-0.25, -0.2) is 8.42 Å². The fraction of sp³-hybridized carbons (Fsp3) is 0.533. The largest absolute Gasteiger partial charge is 0.492 e. The lowest BCUT2D eigenvalue weighted by atomic mass is 10.3. The van der Waals surface area contributed by atoms with Crippen LogP contribution >= 0.6 is 35.6 Å². The molecule has 0 aromatic heterocycles. The summed E-state index contributed by atoms with van der Waals surface area (Å²) in [5, 5.41) is 6.93. The molecule has 0 bridgehead atoms. The second kappa shape index (κ2) is 11.8. The van der Waals surface area contributed by atoms with E-state index in [-0.39, 0.29) is 35.8 Å². The third kappa shape index (κ3) is 10.9. The molecule has 0 spiro atoms. The second-order valence-electron chi connectivity index (χ2n) is 5.27. The Labute approximate surface area is 166 Å². The van der Waals surface area contributed by atoms with Crippen LogP contribution in [0.2, 0.25) is 5.02 Å². The first kappa shape index (κ1) is 23.3. The summed E-state index contributed by atoms with van der Waals surface area (Å²) in [7, 11) is -1.28. The van der Waals surface area contributed by atoms with E-state index < -0.39 is 9.84 Å². The molecule has 0 amide bonds. The number of rotatable bonds is 8. The number of halogens is 2. The van der Waals surface area contributed by atoms with Gasteiger partial charge in [-0.2, -0.15) is 0 Å². The van der Waals surface area contributed by atoms with Crippen molar-refractivity contribution in [1.82, 2.24) is 10.6 Å². The summed E-state index contributed by atoms with van der Waals surface area (Å²) in [5.74, 6) is 1.52. The van der Waals surface area contributed by atoms with Crippen molar-refractivity contribution < 1.29 is 13.2 Å². The summed E-state index contributed by atoms with van der Waals surface area (Å²) in [6, 6.07) is 7.17. The molecule has 1 aromatic carbocycles. The van der Waals surface area contributed by atoms with Crippen LogP contribution in [-0.4, -0.2) is 52.6 Å². The molecular weight excluding hydrogens is 465 g/mol. The molecule has 24 heavy (non-hydrogen) atoms. The Morgan fingerprint density at radius 2 is 1.96 bits per heavy atom. The molecule has 1 unspecified atom stereocenters. The summed E-state index contributed by atoms with van der Waals surface area (Å²) in [6.45, 7) is 2.96. The number of ether oxygens (including phenoxy) is 1. The first-order valence-electron chi connectivity index (χ1n) is 7.33. The number of sulfone groups is 1. The van der Waals surface area contributed by atoms with Gasteiger partial charge in [0, 0.05) is 24.4 Å². The number of nitrogens with zero attached hydrogens (tertiary/aromatic N) is 1. The topological polar surface area (TPSA) is 79.8 Å². The van der Waals surface area contributed by atoms with Crippen LogP contribution < -0.4 is 15.4 Å². The van der Waals surface area contributed by atoms with Crippen molar-refractivity contribution in [1.29, 1.82) is 0 Å². The van der Waals surface area contributed by atoms with E-state index in [0.717, 1.165) is 5.75 Å². The number of benzene rings is 1. The number of aliphatic imine (C=N–C) groups is 1. The summed E-state index contributed by atoms with van der Waals surface area (Å²) in [4.78, 5) is 4.10. The van der Waals surface area contributed by atoms with Gasteiger partial charge in [-0.3, -0.25) is 4.99 Å². The van der Waals surface area contributed by atoms with Crippen LogP contribution in [0.3, 0.4) is 0 Å². The van der Waals surface area contributed by atoms with Crippen LogP contribution in [0.5, 0.6) is 5.75 Å². The Morgan fingerprint density at radius 3 is 2.50 bits per heavy atom.